The monoisotopic (exact) mass is 478 g/mol. The van der Waals surface area contributed by atoms with E-state index in [0.717, 1.165) is 22.9 Å². The molecule has 7 heteroatoms. The molecule has 0 heterocycles. The number of sulfonamides is 1. The Morgan fingerprint density at radius 2 is 1.66 bits per heavy atom. The largest absolute Gasteiger partial charge is 0.354 e. The Morgan fingerprint density at radius 3 is 2.28 bits per heavy atom. The topological polar surface area (TPSA) is 66.5 Å². The fourth-order valence-electron chi connectivity index (χ4n) is 3.60. The number of hydrogen-bond acceptors (Lipinski definition) is 3. The molecule has 3 rings (SSSR count). The zero-order chi connectivity index (χ0) is 20.9. The van der Waals surface area contributed by atoms with E-state index in [1.165, 1.54) is 23.6 Å². The first kappa shape index (κ1) is 21.8. The summed E-state index contributed by atoms with van der Waals surface area (Å²) < 4.78 is 28.6. The van der Waals surface area contributed by atoms with E-state index in [9.17, 15) is 13.2 Å². The maximum Gasteiger partial charge on any atom is 0.264 e. The van der Waals surface area contributed by atoms with Gasteiger partial charge in [0.1, 0.15) is 6.54 Å². The van der Waals surface area contributed by atoms with E-state index in [1.807, 2.05) is 6.92 Å². The minimum atomic E-state index is -3.86. The number of hydrogen-bond donors (Lipinski definition) is 1. The summed E-state index contributed by atoms with van der Waals surface area (Å²) in [5.74, 6) is 0.205. The first-order valence-corrected chi connectivity index (χ1v) is 12.2. The number of amides is 1. The first-order valence-electron chi connectivity index (χ1n) is 9.98. The standard InChI is InChI=1S/C22H27BrN2O3S/c1-17-7-13-21(14-8-17)29(27,28)25(20-11-9-19(23)10-12-20)16-22(26)24-15-18-5-3-2-4-6-18/h7-14,18H,2-6,15-16H2,1H3,(H,24,26). The number of rotatable bonds is 7. The third kappa shape index (κ3) is 5.82. The molecule has 5 nitrogen and oxygen atoms in total. The molecule has 0 spiro atoms. The molecular weight excluding hydrogens is 452 g/mol. The van der Waals surface area contributed by atoms with Crippen molar-refractivity contribution in [2.75, 3.05) is 17.4 Å². The third-order valence-electron chi connectivity index (χ3n) is 5.32. The van der Waals surface area contributed by atoms with Crippen molar-refractivity contribution < 1.29 is 13.2 Å². The predicted molar refractivity (Wildman–Crippen MR) is 119 cm³/mol. The number of halogens is 1. The number of carbonyl (C=O) groups is 1. The molecule has 29 heavy (non-hydrogen) atoms. The number of aryl methyl sites for hydroxylation is 1. The first-order chi connectivity index (χ1) is 13.9. The van der Waals surface area contributed by atoms with Crippen molar-refractivity contribution in [1.82, 2.24) is 5.32 Å². The van der Waals surface area contributed by atoms with Gasteiger partial charge in [0.25, 0.3) is 10.0 Å². The van der Waals surface area contributed by atoms with Gasteiger partial charge in [-0.2, -0.15) is 0 Å². The lowest BCUT2D eigenvalue weighted by atomic mass is 9.89. The zero-order valence-electron chi connectivity index (χ0n) is 16.6. The molecule has 1 N–H and O–H groups in total. The molecule has 0 bridgehead atoms. The van der Waals surface area contributed by atoms with Gasteiger partial charge < -0.3 is 5.32 Å². The molecule has 0 aliphatic heterocycles. The molecule has 0 radical (unpaired) electrons. The van der Waals surface area contributed by atoms with Gasteiger partial charge >= 0.3 is 0 Å². The molecule has 0 saturated heterocycles. The molecule has 2 aromatic carbocycles. The van der Waals surface area contributed by atoms with E-state index in [1.54, 1.807) is 48.5 Å². The van der Waals surface area contributed by atoms with Crippen LogP contribution in [-0.4, -0.2) is 27.4 Å². The van der Waals surface area contributed by atoms with Gasteiger partial charge in [0, 0.05) is 11.0 Å². The van der Waals surface area contributed by atoms with Crippen molar-refractivity contribution in [3.8, 4) is 0 Å². The molecule has 1 fully saturated rings. The summed E-state index contributed by atoms with van der Waals surface area (Å²) in [5.41, 5.74) is 1.44. The highest BCUT2D eigenvalue weighted by molar-refractivity contribution is 9.10. The summed E-state index contributed by atoms with van der Waals surface area (Å²) in [5, 5.41) is 2.94. The van der Waals surface area contributed by atoms with Crippen molar-refractivity contribution in [1.29, 1.82) is 0 Å². The van der Waals surface area contributed by atoms with Gasteiger partial charge in [0.15, 0.2) is 0 Å². The minimum Gasteiger partial charge on any atom is -0.354 e. The highest BCUT2D eigenvalue weighted by atomic mass is 79.9. The summed E-state index contributed by atoms with van der Waals surface area (Å²) in [7, 11) is -3.86. The normalized spacial score (nSPS) is 15.1. The van der Waals surface area contributed by atoms with E-state index in [4.69, 9.17) is 0 Å². The summed E-state index contributed by atoms with van der Waals surface area (Å²) in [6, 6.07) is 13.6. The fourth-order valence-corrected chi connectivity index (χ4v) is 5.28. The average molecular weight is 479 g/mol. The van der Waals surface area contributed by atoms with Gasteiger partial charge in [0.05, 0.1) is 10.6 Å². The van der Waals surface area contributed by atoms with Crippen LogP contribution < -0.4 is 9.62 Å². The van der Waals surface area contributed by atoms with Gasteiger partial charge in [-0.15, -0.1) is 0 Å². The second kappa shape index (κ2) is 9.76. The smallest absolute Gasteiger partial charge is 0.264 e. The maximum atomic E-state index is 13.3. The lowest BCUT2D eigenvalue weighted by Crippen LogP contribution is -2.42. The van der Waals surface area contributed by atoms with Crippen molar-refractivity contribution in [3.63, 3.8) is 0 Å². The van der Waals surface area contributed by atoms with Crippen LogP contribution in [0, 0.1) is 12.8 Å². The Bertz CT molecular complexity index is 922. The molecule has 1 amide bonds. The summed E-state index contributed by atoms with van der Waals surface area (Å²) >= 11 is 3.37. The minimum absolute atomic E-state index is 0.172. The zero-order valence-corrected chi connectivity index (χ0v) is 19.0. The van der Waals surface area contributed by atoms with Gasteiger partial charge in [-0.25, -0.2) is 8.42 Å². The summed E-state index contributed by atoms with van der Waals surface area (Å²) in [6.07, 6.45) is 5.91. The number of nitrogens with zero attached hydrogens (tertiary/aromatic N) is 1. The Hall–Kier alpha value is -1.86. The van der Waals surface area contributed by atoms with E-state index >= 15 is 0 Å². The fraction of sp³-hybridized carbons (Fsp3) is 0.409. The number of anilines is 1. The van der Waals surface area contributed by atoms with Crippen molar-refractivity contribution in [2.45, 2.75) is 43.9 Å². The van der Waals surface area contributed by atoms with E-state index in [2.05, 4.69) is 21.2 Å². The SMILES string of the molecule is Cc1ccc(S(=O)(=O)N(CC(=O)NCC2CCCCC2)c2ccc(Br)cc2)cc1. The van der Waals surface area contributed by atoms with Crippen LogP contribution in [0.5, 0.6) is 0 Å². The van der Waals surface area contributed by atoms with Crippen LogP contribution in [0.25, 0.3) is 0 Å². The molecule has 156 valence electrons. The average Bonchev–Trinajstić information content (AvgIpc) is 2.72. The van der Waals surface area contributed by atoms with Crippen molar-refractivity contribution in [2.24, 2.45) is 5.92 Å². The number of benzene rings is 2. The molecule has 1 saturated carbocycles. The molecule has 0 aromatic heterocycles. The van der Waals surface area contributed by atoms with E-state index < -0.39 is 10.0 Å². The highest BCUT2D eigenvalue weighted by Gasteiger charge is 2.27. The lowest BCUT2D eigenvalue weighted by Gasteiger charge is -2.26. The Balaban J connectivity index is 1.80. The quantitative estimate of drug-likeness (QED) is 0.629. The van der Waals surface area contributed by atoms with Crippen LogP contribution in [0.3, 0.4) is 0 Å². The van der Waals surface area contributed by atoms with Gasteiger partial charge in [-0.1, -0.05) is 52.9 Å². The lowest BCUT2D eigenvalue weighted by molar-refractivity contribution is -0.119. The van der Waals surface area contributed by atoms with Crippen LogP contribution in [0.15, 0.2) is 57.9 Å². The molecule has 2 aromatic rings. The van der Waals surface area contributed by atoms with Gasteiger partial charge in [0.2, 0.25) is 5.91 Å². The highest BCUT2D eigenvalue weighted by Crippen LogP contribution is 2.26. The molecular formula is C22H27BrN2O3S. The van der Waals surface area contributed by atoms with E-state index in [0.29, 0.717) is 18.2 Å². The Labute approximate surface area is 181 Å². The number of nitrogens with one attached hydrogen (secondary N) is 1. The van der Waals surface area contributed by atoms with Gasteiger partial charge in [-0.3, -0.25) is 9.10 Å². The summed E-state index contributed by atoms with van der Waals surface area (Å²) in [6.45, 7) is 2.27. The molecule has 1 aliphatic rings. The van der Waals surface area contributed by atoms with Crippen molar-refractivity contribution >= 4 is 37.5 Å². The number of carbonyl (C=O) groups excluding carboxylic acids is 1. The van der Waals surface area contributed by atoms with Gasteiger partial charge in [-0.05, 0) is 62.1 Å². The molecule has 0 atom stereocenters. The van der Waals surface area contributed by atoms with Crippen LogP contribution in [-0.2, 0) is 14.8 Å². The predicted octanol–water partition coefficient (Wildman–Crippen LogP) is 4.65. The van der Waals surface area contributed by atoms with Crippen LogP contribution in [0.2, 0.25) is 0 Å². The van der Waals surface area contributed by atoms with Crippen LogP contribution >= 0.6 is 15.9 Å². The van der Waals surface area contributed by atoms with Crippen molar-refractivity contribution in [3.05, 3.63) is 58.6 Å². The Kier molecular flexibility index (Phi) is 7.35. The van der Waals surface area contributed by atoms with E-state index in [-0.39, 0.29) is 17.3 Å². The molecule has 0 unspecified atom stereocenters. The van der Waals surface area contributed by atoms with Crippen LogP contribution in [0.1, 0.15) is 37.7 Å². The molecule has 1 aliphatic carbocycles. The maximum absolute atomic E-state index is 13.3. The summed E-state index contributed by atoms with van der Waals surface area (Å²) in [4.78, 5) is 12.8. The second-order valence-corrected chi connectivity index (χ2v) is 10.4. The Morgan fingerprint density at radius 1 is 1.03 bits per heavy atom. The second-order valence-electron chi connectivity index (χ2n) is 7.61. The van der Waals surface area contributed by atoms with Crippen LogP contribution in [0.4, 0.5) is 5.69 Å². The third-order valence-corrected chi connectivity index (χ3v) is 7.64.